The van der Waals surface area contributed by atoms with Gasteiger partial charge < -0.3 is 4.89 Å². The van der Waals surface area contributed by atoms with E-state index in [9.17, 15) is 0 Å². The van der Waals surface area contributed by atoms with E-state index in [2.05, 4.69) is 48.5 Å². The Kier molecular flexibility index (Phi) is 9.05. The minimum Gasteiger partial charge on any atom is -0.310 e. The van der Waals surface area contributed by atoms with Crippen molar-refractivity contribution in [1.82, 2.24) is 0 Å². The molecule has 2 aromatic carbocycles. The maximum atomic E-state index is 8.46. The number of hydrogen-bond donors (Lipinski definition) is 1. The molecule has 0 aliphatic heterocycles. The van der Waals surface area contributed by atoms with E-state index >= 15 is 0 Å². The van der Waals surface area contributed by atoms with Crippen LogP contribution in [0.5, 0.6) is 0 Å². The van der Waals surface area contributed by atoms with Crippen LogP contribution in [0.15, 0.2) is 60.7 Å². The highest BCUT2D eigenvalue weighted by Crippen LogP contribution is 2.17. The Bertz CT molecular complexity index is 355. The highest BCUT2D eigenvalue weighted by molar-refractivity contribution is 7.16. The Balaban J connectivity index is 0.000000511. The fourth-order valence-electron chi connectivity index (χ4n) is 1.26. The van der Waals surface area contributed by atoms with Crippen LogP contribution < -0.4 is 0 Å². The van der Waals surface area contributed by atoms with Crippen molar-refractivity contribution >= 4 is 31.7 Å². The van der Waals surface area contributed by atoms with Crippen molar-refractivity contribution in [2.45, 2.75) is 0 Å². The molecule has 0 saturated carbocycles. The molecule has 0 radical (unpaired) electrons. The third kappa shape index (κ3) is 5.38. The average molecular weight is 245 g/mol. The van der Waals surface area contributed by atoms with Gasteiger partial charge in [0.05, 0.1) is 0 Å². The van der Waals surface area contributed by atoms with Crippen LogP contribution >= 0.6 is 8.69 Å². The fraction of sp³-hybridized carbons (Fsp3) is 0. The molecule has 0 aliphatic rings. The first-order valence-corrected chi connectivity index (χ1v) is 5.22. The van der Waals surface area contributed by atoms with Gasteiger partial charge in [-0.2, -0.15) is 0 Å². The quantitative estimate of drug-likeness (QED) is 0.618. The molecule has 0 unspecified atom stereocenters. The van der Waals surface area contributed by atoms with E-state index in [4.69, 9.17) is 9.46 Å². The molecule has 0 spiro atoms. The Morgan fingerprint density at radius 3 is 1.25 bits per heavy atom. The highest BCUT2D eigenvalue weighted by Gasteiger charge is 1.91. The predicted molar refractivity (Wildman–Crippen MR) is 70.2 cm³/mol. The summed E-state index contributed by atoms with van der Waals surface area (Å²) in [5.74, 6) is 0. The molecule has 80 valence electrons. The van der Waals surface area contributed by atoms with Crippen LogP contribution in [0.25, 0.3) is 11.1 Å². The SMILES string of the molecule is O=PO.[MgH2].c1ccc(-c2ccccc2)cc1. The van der Waals surface area contributed by atoms with E-state index in [1.165, 1.54) is 11.1 Å². The Morgan fingerprint density at radius 1 is 0.750 bits per heavy atom. The summed E-state index contributed by atoms with van der Waals surface area (Å²) >= 11 is 0. The number of benzene rings is 2. The highest BCUT2D eigenvalue weighted by atomic mass is 31.1. The maximum absolute atomic E-state index is 8.46. The van der Waals surface area contributed by atoms with Gasteiger partial charge in [-0.3, -0.25) is 0 Å². The molecular weight excluding hydrogens is 231 g/mol. The Labute approximate surface area is 113 Å². The van der Waals surface area contributed by atoms with Crippen LogP contribution in [0.2, 0.25) is 0 Å². The summed E-state index contributed by atoms with van der Waals surface area (Å²) in [4.78, 5) is 6.99. The van der Waals surface area contributed by atoms with E-state index in [0.29, 0.717) is 0 Å². The lowest BCUT2D eigenvalue weighted by Crippen LogP contribution is -1.73. The summed E-state index contributed by atoms with van der Waals surface area (Å²) in [5, 5.41) is 0. The maximum Gasteiger partial charge on any atom is 0.324 e. The summed E-state index contributed by atoms with van der Waals surface area (Å²) < 4.78 is 8.46. The largest absolute Gasteiger partial charge is 0.324 e. The molecule has 2 nitrogen and oxygen atoms in total. The summed E-state index contributed by atoms with van der Waals surface area (Å²) in [6.07, 6.45) is 0. The molecule has 0 amide bonds. The van der Waals surface area contributed by atoms with Crippen LogP contribution in [0, 0.1) is 0 Å². The van der Waals surface area contributed by atoms with Gasteiger partial charge in [0.2, 0.25) is 0 Å². The standard InChI is InChI=1S/C12H10.Mg.HO2P.2H/c1-3-7-11(8-4-1)12-9-5-2-6-10-12;;1-3-2;;/h1-10H;;(H,1,2);;. The molecule has 1 N–H and O–H groups in total. The lowest BCUT2D eigenvalue weighted by atomic mass is 10.1. The zero-order chi connectivity index (χ0) is 10.9. The van der Waals surface area contributed by atoms with Crippen LogP contribution in [0.3, 0.4) is 0 Å². The topological polar surface area (TPSA) is 37.3 Å². The minimum absolute atomic E-state index is 0. The first-order chi connectivity index (χ1) is 7.38. The van der Waals surface area contributed by atoms with Crippen molar-refractivity contribution in [2.75, 3.05) is 0 Å². The fourth-order valence-corrected chi connectivity index (χ4v) is 1.26. The molecule has 0 saturated heterocycles. The lowest BCUT2D eigenvalue weighted by molar-refractivity contribution is 0.524. The van der Waals surface area contributed by atoms with Gasteiger partial charge in [0.1, 0.15) is 0 Å². The van der Waals surface area contributed by atoms with Gasteiger partial charge in [-0.15, -0.1) is 0 Å². The van der Waals surface area contributed by atoms with Crippen LogP contribution in [-0.4, -0.2) is 27.9 Å². The first-order valence-electron chi connectivity index (χ1n) is 4.45. The first kappa shape index (κ1) is 15.3. The van der Waals surface area contributed by atoms with E-state index < -0.39 is 8.69 Å². The van der Waals surface area contributed by atoms with Gasteiger partial charge in [-0.05, 0) is 11.1 Å². The van der Waals surface area contributed by atoms with Crippen molar-refractivity contribution in [3.05, 3.63) is 60.7 Å². The van der Waals surface area contributed by atoms with Gasteiger partial charge >= 0.3 is 31.7 Å². The van der Waals surface area contributed by atoms with Crippen molar-refractivity contribution in [3.8, 4) is 11.1 Å². The molecule has 0 aliphatic carbocycles. The third-order valence-electron chi connectivity index (χ3n) is 1.88. The lowest BCUT2D eigenvalue weighted by Gasteiger charge is -1.98. The van der Waals surface area contributed by atoms with E-state index in [1.807, 2.05) is 12.1 Å². The van der Waals surface area contributed by atoms with Crippen molar-refractivity contribution in [2.24, 2.45) is 0 Å². The monoisotopic (exact) mass is 244 g/mol. The average Bonchev–Trinajstić information content (AvgIpc) is 2.32. The third-order valence-corrected chi connectivity index (χ3v) is 1.88. The van der Waals surface area contributed by atoms with Crippen LogP contribution in [0.4, 0.5) is 0 Å². The van der Waals surface area contributed by atoms with Gasteiger partial charge in [0.25, 0.3) is 0 Å². The molecule has 0 fully saturated rings. The van der Waals surface area contributed by atoms with Gasteiger partial charge in [-0.1, -0.05) is 60.7 Å². The molecular formula is C12H13MgO2P. The van der Waals surface area contributed by atoms with E-state index in [0.717, 1.165) is 0 Å². The number of hydrogen-bond acceptors (Lipinski definition) is 1. The predicted octanol–water partition coefficient (Wildman–Crippen LogP) is 2.62. The molecule has 16 heavy (non-hydrogen) atoms. The Hall–Kier alpha value is -0.734. The molecule has 0 bridgehead atoms. The second-order valence-electron chi connectivity index (χ2n) is 2.81. The minimum atomic E-state index is -0.833. The zero-order valence-electron chi connectivity index (χ0n) is 8.08. The van der Waals surface area contributed by atoms with E-state index in [-0.39, 0.29) is 23.1 Å². The molecule has 2 aromatic rings. The van der Waals surface area contributed by atoms with Crippen molar-refractivity contribution in [3.63, 3.8) is 0 Å². The smallest absolute Gasteiger partial charge is 0.310 e. The van der Waals surface area contributed by atoms with Crippen molar-refractivity contribution in [1.29, 1.82) is 0 Å². The number of rotatable bonds is 1. The van der Waals surface area contributed by atoms with Gasteiger partial charge in [-0.25, -0.2) is 4.57 Å². The molecule has 2 rings (SSSR count). The van der Waals surface area contributed by atoms with Gasteiger partial charge in [0, 0.05) is 0 Å². The van der Waals surface area contributed by atoms with Crippen molar-refractivity contribution < 1.29 is 9.46 Å². The van der Waals surface area contributed by atoms with Gasteiger partial charge in [0.15, 0.2) is 0 Å². The second kappa shape index (κ2) is 9.49. The molecule has 0 heterocycles. The summed E-state index contributed by atoms with van der Waals surface area (Å²) in [6, 6.07) is 20.8. The summed E-state index contributed by atoms with van der Waals surface area (Å²) in [6.45, 7) is 0. The normalized spacial score (nSPS) is 8.56. The molecule has 0 aromatic heterocycles. The molecule has 0 atom stereocenters. The second-order valence-corrected chi connectivity index (χ2v) is 2.98. The van der Waals surface area contributed by atoms with Crippen LogP contribution in [0.1, 0.15) is 0 Å². The zero-order valence-corrected chi connectivity index (χ0v) is 8.97. The molecule has 4 heteroatoms. The van der Waals surface area contributed by atoms with E-state index in [1.54, 1.807) is 0 Å². The Morgan fingerprint density at radius 2 is 1.00 bits per heavy atom. The summed E-state index contributed by atoms with van der Waals surface area (Å²) in [5.41, 5.74) is 2.55. The summed E-state index contributed by atoms with van der Waals surface area (Å²) in [7, 11) is -0.833. The van der Waals surface area contributed by atoms with Crippen LogP contribution in [-0.2, 0) is 4.57 Å².